The van der Waals surface area contributed by atoms with Crippen LogP contribution in [0, 0.1) is 6.92 Å². The van der Waals surface area contributed by atoms with Gasteiger partial charge < -0.3 is 16.0 Å². The van der Waals surface area contributed by atoms with Crippen LogP contribution in [-0.4, -0.2) is 44.0 Å². The zero-order valence-electron chi connectivity index (χ0n) is 17.0. The van der Waals surface area contributed by atoms with Gasteiger partial charge in [-0.25, -0.2) is 9.67 Å². The molecule has 1 amide bonds. The lowest BCUT2D eigenvalue weighted by atomic mass is 10.2. The van der Waals surface area contributed by atoms with Gasteiger partial charge in [-0.15, -0.1) is 10.2 Å². The predicted octanol–water partition coefficient (Wildman–Crippen LogP) is 2.95. The SMILES string of the molecule is Cc1ccc(Nc2ccc(NCCNC(=O)c3cccc(-n4cccn4)c3)nn2)nc1. The largest absolute Gasteiger partial charge is 0.367 e. The highest BCUT2D eigenvalue weighted by molar-refractivity contribution is 5.94. The number of amides is 1. The highest BCUT2D eigenvalue weighted by Crippen LogP contribution is 2.13. The molecule has 1 aromatic carbocycles. The molecule has 0 fully saturated rings. The fourth-order valence-corrected chi connectivity index (χ4v) is 2.85. The number of hydrogen-bond donors (Lipinski definition) is 3. The number of carbonyl (C=O) groups excluding carboxylic acids is 1. The number of pyridine rings is 1. The number of anilines is 3. The van der Waals surface area contributed by atoms with Crippen LogP contribution in [0.5, 0.6) is 0 Å². The second-order valence-corrected chi connectivity index (χ2v) is 6.83. The van der Waals surface area contributed by atoms with Crippen molar-refractivity contribution < 1.29 is 4.79 Å². The number of benzene rings is 1. The van der Waals surface area contributed by atoms with Crippen LogP contribution in [0.25, 0.3) is 5.69 Å². The summed E-state index contributed by atoms with van der Waals surface area (Å²) in [5.74, 6) is 1.79. The molecule has 156 valence electrons. The summed E-state index contributed by atoms with van der Waals surface area (Å²) in [6.07, 6.45) is 5.32. The number of carbonyl (C=O) groups is 1. The molecule has 4 aromatic rings. The summed E-state index contributed by atoms with van der Waals surface area (Å²) in [6, 6.07) is 16.6. The van der Waals surface area contributed by atoms with Crippen molar-refractivity contribution in [3.63, 3.8) is 0 Å². The van der Waals surface area contributed by atoms with Gasteiger partial charge in [0.2, 0.25) is 0 Å². The number of hydrogen-bond acceptors (Lipinski definition) is 7. The van der Waals surface area contributed by atoms with Crippen molar-refractivity contribution in [1.82, 2.24) is 30.3 Å². The zero-order valence-corrected chi connectivity index (χ0v) is 17.0. The van der Waals surface area contributed by atoms with Crippen molar-refractivity contribution in [3.8, 4) is 5.69 Å². The van der Waals surface area contributed by atoms with Gasteiger partial charge in [0.15, 0.2) is 5.82 Å². The summed E-state index contributed by atoms with van der Waals surface area (Å²) in [6.45, 7) is 2.95. The van der Waals surface area contributed by atoms with Gasteiger partial charge in [0, 0.05) is 37.2 Å². The minimum absolute atomic E-state index is 0.146. The summed E-state index contributed by atoms with van der Waals surface area (Å²) in [5, 5.41) is 21.6. The summed E-state index contributed by atoms with van der Waals surface area (Å²) in [5.41, 5.74) is 2.50. The smallest absolute Gasteiger partial charge is 0.251 e. The number of aromatic nitrogens is 5. The second kappa shape index (κ2) is 9.49. The molecule has 4 rings (SSSR count). The molecule has 9 heteroatoms. The molecule has 0 saturated heterocycles. The molecule has 3 N–H and O–H groups in total. The van der Waals surface area contributed by atoms with Crippen molar-refractivity contribution in [2.75, 3.05) is 23.7 Å². The van der Waals surface area contributed by atoms with E-state index in [1.54, 1.807) is 29.2 Å². The van der Waals surface area contributed by atoms with Gasteiger partial charge in [-0.2, -0.15) is 5.10 Å². The topological polar surface area (TPSA) is 110 Å². The van der Waals surface area contributed by atoms with Crippen molar-refractivity contribution >= 4 is 23.4 Å². The van der Waals surface area contributed by atoms with Crippen LogP contribution in [0.3, 0.4) is 0 Å². The highest BCUT2D eigenvalue weighted by atomic mass is 16.1. The van der Waals surface area contributed by atoms with Crippen LogP contribution in [0.15, 0.2) is 73.2 Å². The second-order valence-electron chi connectivity index (χ2n) is 6.83. The van der Waals surface area contributed by atoms with E-state index >= 15 is 0 Å². The summed E-state index contributed by atoms with van der Waals surface area (Å²) >= 11 is 0. The highest BCUT2D eigenvalue weighted by Gasteiger charge is 2.07. The quantitative estimate of drug-likeness (QED) is 0.380. The van der Waals surface area contributed by atoms with Crippen LogP contribution < -0.4 is 16.0 Å². The number of nitrogens with zero attached hydrogens (tertiary/aromatic N) is 5. The zero-order chi connectivity index (χ0) is 21.5. The summed E-state index contributed by atoms with van der Waals surface area (Å²) in [7, 11) is 0. The minimum Gasteiger partial charge on any atom is -0.367 e. The molecule has 9 nitrogen and oxygen atoms in total. The van der Waals surface area contributed by atoms with Crippen LogP contribution >= 0.6 is 0 Å². The Morgan fingerprint density at radius 2 is 1.81 bits per heavy atom. The lowest BCUT2D eigenvalue weighted by Crippen LogP contribution is -2.29. The van der Waals surface area contributed by atoms with E-state index in [0.29, 0.717) is 36.1 Å². The van der Waals surface area contributed by atoms with Gasteiger partial charge in [-0.3, -0.25) is 4.79 Å². The molecule has 0 aliphatic carbocycles. The maximum atomic E-state index is 12.4. The first-order chi connectivity index (χ1) is 15.2. The number of rotatable bonds is 8. The van der Waals surface area contributed by atoms with Gasteiger partial charge in [0.1, 0.15) is 11.6 Å². The van der Waals surface area contributed by atoms with Gasteiger partial charge in [0.05, 0.1) is 5.69 Å². The van der Waals surface area contributed by atoms with Crippen molar-refractivity contribution in [2.45, 2.75) is 6.92 Å². The van der Waals surface area contributed by atoms with E-state index in [-0.39, 0.29) is 5.91 Å². The molecule has 0 atom stereocenters. The Balaban J connectivity index is 1.24. The maximum absolute atomic E-state index is 12.4. The molecular formula is C22H22N8O. The first kappa shape index (κ1) is 20.0. The first-order valence-electron chi connectivity index (χ1n) is 9.83. The van der Waals surface area contributed by atoms with E-state index in [1.165, 1.54) is 0 Å². The molecule has 0 aliphatic rings. The van der Waals surface area contributed by atoms with Crippen LogP contribution in [-0.2, 0) is 0 Å². The molecule has 0 spiro atoms. The molecule has 0 unspecified atom stereocenters. The fourth-order valence-electron chi connectivity index (χ4n) is 2.85. The summed E-state index contributed by atoms with van der Waals surface area (Å²) in [4.78, 5) is 16.7. The lowest BCUT2D eigenvalue weighted by Gasteiger charge is -2.09. The average molecular weight is 414 g/mol. The monoisotopic (exact) mass is 414 g/mol. The van der Waals surface area contributed by atoms with E-state index in [2.05, 4.69) is 36.2 Å². The third-order valence-electron chi connectivity index (χ3n) is 4.43. The van der Waals surface area contributed by atoms with Crippen molar-refractivity contribution in [2.24, 2.45) is 0 Å². The maximum Gasteiger partial charge on any atom is 0.251 e. The predicted molar refractivity (Wildman–Crippen MR) is 119 cm³/mol. The first-order valence-corrected chi connectivity index (χ1v) is 9.83. The Bertz CT molecular complexity index is 1130. The molecule has 0 radical (unpaired) electrons. The van der Waals surface area contributed by atoms with E-state index < -0.39 is 0 Å². The lowest BCUT2D eigenvalue weighted by molar-refractivity contribution is 0.0955. The van der Waals surface area contributed by atoms with Crippen LogP contribution in [0.1, 0.15) is 15.9 Å². The molecule has 3 aromatic heterocycles. The molecule has 3 heterocycles. The molecule has 0 aliphatic heterocycles. The Labute approximate surface area is 179 Å². The standard InChI is InChI=1S/C22H22N8O/c1-16-6-7-19(25-15-16)27-21-9-8-20(28-29-21)23-11-12-24-22(31)17-4-2-5-18(14-17)30-13-3-10-26-30/h2-10,13-15H,11-12H2,1H3,(H,23,28)(H,24,31)(H,25,27,29). The van der Waals surface area contributed by atoms with Gasteiger partial charge in [-0.1, -0.05) is 12.1 Å². The van der Waals surface area contributed by atoms with Gasteiger partial charge in [-0.05, 0) is 55.0 Å². The Morgan fingerprint density at radius 1 is 0.968 bits per heavy atom. The Hall–Kier alpha value is -4.27. The Kier molecular flexibility index (Phi) is 6.13. The third-order valence-corrected chi connectivity index (χ3v) is 4.43. The van der Waals surface area contributed by atoms with Crippen molar-refractivity contribution in [3.05, 3.63) is 84.3 Å². The van der Waals surface area contributed by atoms with E-state index in [1.807, 2.05) is 55.6 Å². The van der Waals surface area contributed by atoms with Crippen LogP contribution in [0.4, 0.5) is 17.5 Å². The third kappa shape index (κ3) is 5.41. The fraction of sp³-hybridized carbons (Fsp3) is 0.136. The normalized spacial score (nSPS) is 10.5. The molecule has 31 heavy (non-hydrogen) atoms. The van der Waals surface area contributed by atoms with Gasteiger partial charge >= 0.3 is 0 Å². The van der Waals surface area contributed by atoms with E-state index in [4.69, 9.17) is 0 Å². The van der Waals surface area contributed by atoms with E-state index in [0.717, 1.165) is 11.3 Å². The molecule has 0 saturated carbocycles. The average Bonchev–Trinajstić information content (AvgIpc) is 3.34. The minimum atomic E-state index is -0.146. The molecular weight excluding hydrogens is 392 g/mol. The molecule has 0 bridgehead atoms. The van der Waals surface area contributed by atoms with Crippen LogP contribution in [0.2, 0.25) is 0 Å². The number of aryl methyl sites for hydroxylation is 1. The van der Waals surface area contributed by atoms with Gasteiger partial charge in [0.25, 0.3) is 5.91 Å². The summed E-state index contributed by atoms with van der Waals surface area (Å²) < 4.78 is 1.71. The van der Waals surface area contributed by atoms with Crippen molar-refractivity contribution in [1.29, 1.82) is 0 Å². The van der Waals surface area contributed by atoms with E-state index in [9.17, 15) is 4.79 Å². The number of nitrogens with one attached hydrogen (secondary N) is 3. The Morgan fingerprint density at radius 3 is 2.55 bits per heavy atom.